The second kappa shape index (κ2) is 8.22. The van der Waals surface area contributed by atoms with Gasteiger partial charge in [-0.15, -0.1) is 0 Å². The summed E-state index contributed by atoms with van der Waals surface area (Å²) in [5.41, 5.74) is 5.51. The Hall–Kier alpha value is -3.54. The number of hydrogen-bond acceptors (Lipinski definition) is 9. The Morgan fingerprint density at radius 1 is 1.17 bits per heavy atom. The molecular formula is C17H18N4O7S. The van der Waals surface area contributed by atoms with E-state index in [0.717, 1.165) is 0 Å². The van der Waals surface area contributed by atoms with Crippen molar-refractivity contribution in [3.05, 3.63) is 42.0 Å². The van der Waals surface area contributed by atoms with E-state index in [9.17, 15) is 13.2 Å². The first kappa shape index (κ1) is 20.2. The van der Waals surface area contributed by atoms with Gasteiger partial charge in [-0.05, 0) is 17.3 Å². The lowest BCUT2D eigenvalue weighted by atomic mass is 10.2. The molecule has 1 aromatic heterocycles. The second-order valence-electron chi connectivity index (χ2n) is 5.59. The van der Waals surface area contributed by atoms with Crippen molar-refractivity contribution in [1.82, 2.24) is 4.98 Å². The minimum Gasteiger partial charge on any atom is -0.496 e. The maximum Gasteiger partial charge on any atom is 0.334 e. The molecule has 12 heteroatoms. The summed E-state index contributed by atoms with van der Waals surface area (Å²) in [5, 5.41) is 3.75. The highest BCUT2D eigenvalue weighted by atomic mass is 32.2. The van der Waals surface area contributed by atoms with Crippen molar-refractivity contribution in [2.24, 2.45) is 10.9 Å². The van der Waals surface area contributed by atoms with Gasteiger partial charge in [0.1, 0.15) is 17.3 Å². The molecule has 1 aromatic carbocycles. The summed E-state index contributed by atoms with van der Waals surface area (Å²) < 4.78 is 42.7. The fourth-order valence-corrected chi connectivity index (χ4v) is 4.01. The Morgan fingerprint density at radius 2 is 1.93 bits per heavy atom. The predicted molar refractivity (Wildman–Crippen MR) is 101 cm³/mol. The van der Waals surface area contributed by atoms with Crippen LogP contribution >= 0.6 is 0 Å². The highest BCUT2D eigenvalue weighted by Gasteiger charge is 2.34. The number of pyridine rings is 1. The first-order valence-corrected chi connectivity index (χ1v) is 9.69. The lowest BCUT2D eigenvalue weighted by Crippen LogP contribution is -2.42. The minimum atomic E-state index is -4.51. The Balaban J connectivity index is 2.17. The summed E-state index contributed by atoms with van der Waals surface area (Å²) in [4.78, 5) is 20.9. The summed E-state index contributed by atoms with van der Waals surface area (Å²) in [5.74, 6) is -0.0836. The number of oxime groups is 1. The zero-order chi connectivity index (χ0) is 21.0. The third-order valence-electron chi connectivity index (χ3n) is 3.81. The van der Waals surface area contributed by atoms with E-state index >= 15 is 0 Å². The number of aromatic nitrogens is 1. The Labute approximate surface area is 166 Å². The third-order valence-corrected chi connectivity index (χ3v) is 5.57. The van der Waals surface area contributed by atoms with Crippen molar-refractivity contribution < 1.29 is 32.3 Å². The molecule has 154 valence electrons. The van der Waals surface area contributed by atoms with Crippen LogP contribution in [0.1, 0.15) is 5.56 Å². The molecule has 0 unspecified atom stereocenters. The van der Waals surface area contributed by atoms with E-state index < -0.39 is 16.1 Å². The van der Waals surface area contributed by atoms with Gasteiger partial charge in [-0.1, -0.05) is 12.1 Å². The number of carbonyl (C=O) groups excluding carboxylic acids is 1. The fourth-order valence-electron chi connectivity index (χ4n) is 2.55. The van der Waals surface area contributed by atoms with Gasteiger partial charge in [0, 0.05) is 12.1 Å². The van der Waals surface area contributed by atoms with E-state index in [1.165, 1.54) is 44.6 Å². The number of urea groups is 1. The molecular weight excluding hydrogens is 404 g/mol. The lowest BCUT2D eigenvalue weighted by Gasteiger charge is -2.22. The van der Waals surface area contributed by atoms with E-state index in [2.05, 4.69) is 10.1 Å². The third kappa shape index (κ3) is 4.01. The van der Waals surface area contributed by atoms with E-state index in [4.69, 9.17) is 24.8 Å². The van der Waals surface area contributed by atoms with Gasteiger partial charge in [-0.2, -0.15) is 9.29 Å². The van der Waals surface area contributed by atoms with E-state index in [0.29, 0.717) is 4.31 Å². The van der Waals surface area contributed by atoms with Crippen LogP contribution in [0.4, 0.5) is 10.6 Å². The summed E-state index contributed by atoms with van der Waals surface area (Å²) >= 11 is 0. The molecule has 0 saturated heterocycles. The number of nitrogens with two attached hydrogens (primary N) is 1. The summed E-state index contributed by atoms with van der Waals surface area (Å²) in [7, 11) is -1.81. The average Bonchev–Trinajstić information content (AvgIpc) is 2.73. The summed E-state index contributed by atoms with van der Waals surface area (Å²) in [6.45, 7) is 0.431. The number of hydrogen-bond donors (Lipinski definition) is 1. The molecule has 2 aromatic rings. The van der Waals surface area contributed by atoms with Crippen molar-refractivity contribution in [2.75, 3.05) is 31.7 Å². The van der Waals surface area contributed by atoms with Crippen LogP contribution in [0.15, 0.2) is 46.4 Å². The van der Waals surface area contributed by atoms with Gasteiger partial charge in [0.25, 0.3) is 15.9 Å². The van der Waals surface area contributed by atoms with E-state index in [-0.39, 0.29) is 47.0 Å². The van der Waals surface area contributed by atoms with Gasteiger partial charge in [-0.3, -0.25) is 0 Å². The maximum atomic E-state index is 13.4. The number of ether oxygens (including phenoxy) is 3. The molecule has 0 spiro atoms. The Kier molecular flexibility index (Phi) is 5.73. The number of benzene rings is 1. The Morgan fingerprint density at radius 3 is 2.55 bits per heavy atom. The number of anilines is 1. The monoisotopic (exact) mass is 422 g/mol. The molecule has 0 aliphatic carbocycles. The fraction of sp³-hybridized carbons (Fsp3) is 0.235. The number of primary amides is 1. The molecule has 1 aliphatic rings. The maximum absolute atomic E-state index is 13.4. The summed E-state index contributed by atoms with van der Waals surface area (Å²) in [6.07, 6.45) is 0. The van der Waals surface area contributed by atoms with Crippen molar-refractivity contribution in [2.45, 2.75) is 4.90 Å². The van der Waals surface area contributed by atoms with Crippen molar-refractivity contribution in [3.8, 4) is 11.6 Å². The molecule has 29 heavy (non-hydrogen) atoms. The molecule has 0 atom stereocenters. The number of methoxy groups -OCH3 is 2. The number of amides is 2. The van der Waals surface area contributed by atoms with Crippen LogP contribution in [-0.2, 0) is 19.6 Å². The zero-order valence-corrected chi connectivity index (χ0v) is 16.4. The van der Waals surface area contributed by atoms with Gasteiger partial charge < -0.3 is 24.8 Å². The van der Waals surface area contributed by atoms with E-state index in [1.807, 2.05) is 0 Å². The normalized spacial score (nSPS) is 13.5. The SMILES string of the molecule is COc1cc(OC)nc(N(C(N)=O)S(=O)(=O)c2ccccc2C2=NOCCO2)c1. The van der Waals surface area contributed by atoms with Crippen LogP contribution in [-0.4, -0.2) is 52.8 Å². The predicted octanol–water partition coefficient (Wildman–Crippen LogP) is 1.08. The molecule has 1 aliphatic heterocycles. The molecule has 2 N–H and O–H groups in total. The molecule has 0 radical (unpaired) electrons. The number of nitrogens with zero attached hydrogens (tertiary/aromatic N) is 3. The highest BCUT2D eigenvalue weighted by Crippen LogP contribution is 2.30. The van der Waals surface area contributed by atoms with Crippen LogP contribution < -0.4 is 19.5 Å². The number of rotatable bonds is 6. The van der Waals surface area contributed by atoms with Crippen LogP contribution in [0.3, 0.4) is 0 Å². The molecule has 0 saturated carbocycles. The quantitative estimate of drug-likeness (QED) is 0.728. The first-order valence-electron chi connectivity index (χ1n) is 8.25. The average molecular weight is 422 g/mol. The van der Waals surface area contributed by atoms with Crippen LogP contribution in [0, 0.1) is 0 Å². The minimum absolute atomic E-state index is 0.0301. The lowest BCUT2D eigenvalue weighted by molar-refractivity contribution is 0.0653. The first-order chi connectivity index (χ1) is 13.9. The van der Waals surface area contributed by atoms with Gasteiger partial charge in [-0.25, -0.2) is 13.2 Å². The van der Waals surface area contributed by atoms with Gasteiger partial charge in [0.2, 0.25) is 5.88 Å². The smallest absolute Gasteiger partial charge is 0.334 e. The van der Waals surface area contributed by atoms with Crippen molar-refractivity contribution in [1.29, 1.82) is 0 Å². The molecule has 0 fully saturated rings. The van der Waals surface area contributed by atoms with Crippen molar-refractivity contribution >= 4 is 27.8 Å². The highest BCUT2D eigenvalue weighted by molar-refractivity contribution is 7.93. The van der Waals surface area contributed by atoms with Gasteiger partial charge in [0.05, 0.1) is 19.8 Å². The van der Waals surface area contributed by atoms with Crippen LogP contribution in [0.5, 0.6) is 11.6 Å². The standard InChI is InChI=1S/C17H18N4O7S/c1-25-11-9-14(19-15(10-11)26-2)21(17(18)22)29(23,24)13-6-4-3-5-12(13)16-20-28-8-7-27-16/h3-6,9-10H,7-8H2,1-2H3,(H2,18,22). The van der Waals surface area contributed by atoms with Crippen molar-refractivity contribution in [3.63, 3.8) is 0 Å². The van der Waals surface area contributed by atoms with Gasteiger partial charge >= 0.3 is 6.03 Å². The topological polar surface area (TPSA) is 143 Å². The summed E-state index contributed by atoms with van der Waals surface area (Å²) in [6, 6.07) is 7.23. The number of carbonyl (C=O) groups is 1. The van der Waals surface area contributed by atoms with Gasteiger partial charge in [0.15, 0.2) is 12.4 Å². The largest absolute Gasteiger partial charge is 0.496 e. The molecule has 0 bridgehead atoms. The Bertz CT molecular complexity index is 1030. The second-order valence-corrected chi connectivity index (χ2v) is 7.34. The molecule has 11 nitrogen and oxygen atoms in total. The van der Waals surface area contributed by atoms with Crippen LogP contribution in [0.25, 0.3) is 0 Å². The zero-order valence-electron chi connectivity index (χ0n) is 15.6. The molecule has 3 rings (SSSR count). The van der Waals surface area contributed by atoms with Crippen LogP contribution in [0.2, 0.25) is 0 Å². The number of sulfonamides is 1. The van der Waals surface area contributed by atoms with E-state index in [1.54, 1.807) is 6.07 Å². The molecule has 2 heterocycles. The molecule has 2 amide bonds.